The second kappa shape index (κ2) is 7.25. The molecule has 0 radical (unpaired) electrons. The fourth-order valence-corrected chi connectivity index (χ4v) is 2.05. The fourth-order valence-electron chi connectivity index (χ4n) is 2.05. The minimum absolute atomic E-state index is 0.179. The highest BCUT2D eigenvalue weighted by Crippen LogP contribution is 2.27. The van der Waals surface area contributed by atoms with Gasteiger partial charge in [-0.15, -0.1) is 0 Å². The first-order chi connectivity index (χ1) is 12.6. The average Bonchev–Trinajstić information content (AvgIpc) is 3.29. The zero-order valence-corrected chi connectivity index (χ0v) is 13.4. The number of hydrogen-bond acceptors (Lipinski definition) is 8. The number of amides is 1. The molecule has 132 valence electrons. The number of ether oxygens (including phenoxy) is 1. The van der Waals surface area contributed by atoms with Gasteiger partial charge >= 0.3 is 12.0 Å². The molecule has 1 amide bonds. The summed E-state index contributed by atoms with van der Waals surface area (Å²) < 4.78 is 11.1. The Balaban J connectivity index is 2.00. The Kier molecular flexibility index (Phi) is 4.69. The molecule has 0 aliphatic carbocycles. The Hall–Kier alpha value is -4.02. The summed E-state index contributed by atoms with van der Waals surface area (Å²) in [6, 6.07) is 6.17. The standard InChI is InChI=1S/C15H12N6O5/c1-25-15(22)18-17-7-10-9-20(11-3-2-6-16-8-11)19-14(10)12-4-5-13(26-12)21(23)24/h2-9H,1H3,(H,18,22). The number of rotatable bonds is 5. The Morgan fingerprint density at radius 1 is 1.46 bits per heavy atom. The summed E-state index contributed by atoms with van der Waals surface area (Å²) in [6.45, 7) is 0. The van der Waals surface area contributed by atoms with Crippen molar-refractivity contribution in [3.63, 3.8) is 0 Å². The molecule has 0 aliphatic heterocycles. The van der Waals surface area contributed by atoms with Crippen LogP contribution in [0.15, 0.2) is 52.4 Å². The summed E-state index contributed by atoms with van der Waals surface area (Å²) in [4.78, 5) is 25.3. The lowest BCUT2D eigenvalue weighted by Gasteiger charge is -1.98. The van der Waals surface area contributed by atoms with E-state index in [1.807, 2.05) is 0 Å². The molecule has 0 aromatic carbocycles. The van der Waals surface area contributed by atoms with E-state index in [0.717, 1.165) is 0 Å². The molecule has 3 rings (SSSR count). The number of pyridine rings is 1. The van der Waals surface area contributed by atoms with Gasteiger partial charge in [0.05, 0.1) is 31.3 Å². The van der Waals surface area contributed by atoms with Crippen LogP contribution in [-0.2, 0) is 4.74 Å². The first-order valence-corrected chi connectivity index (χ1v) is 7.20. The monoisotopic (exact) mass is 356 g/mol. The highest BCUT2D eigenvalue weighted by molar-refractivity contribution is 5.88. The first-order valence-electron chi connectivity index (χ1n) is 7.20. The van der Waals surface area contributed by atoms with Crippen LogP contribution in [0.25, 0.3) is 17.1 Å². The number of nitrogens with zero attached hydrogens (tertiary/aromatic N) is 5. The molecule has 0 aliphatic rings. The lowest BCUT2D eigenvalue weighted by atomic mass is 10.2. The summed E-state index contributed by atoms with van der Waals surface area (Å²) in [5.41, 5.74) is 3.57. The Labute approximate surface area is 146 Å². The summed E-state index contributed by atoms with van der Waals surface area (Å²) in [5, 5.41) is 18.9. The number of furan rings is 1. The smallest absolute Gasteiger partial charge is 0.433 e. The van der Waals surface area contributed by atoms with Gasteiger partial charge in [0, 0.05) is 18.0 Å². The van der Waals surface area contributed by atoms with Crippen LogP contribution in [0.1, 0.15) is 5.56 Å². The van der Waals surface area contributed by atoms with Gasteiger partial charge in [0.15, 0.2) is 5.76 Å². The summed E-state index contributed by atoms with van der Waals surface area (Å²) in [5.74, 6) is -0.231. The maximum atomic E-state index is 11.1. The molecule has 0 spiro atoms. The highest BCUT2D eigenvalue weighted by atomic mass is 16.6. The Morgan fingerprint density at radius 3 is 2.96 bits per heavy atom. The maximum Gasteiger partial charge on any atom is 0.433 e. The molecule has 0 atom stereocenters. The lowest BCUT2D eigenvalue weighted by molar-refractivity contribution is -0.401. The van der Waals surface area contributed by atoms with Crippen LogP contribution in [0.2, 0.25) is 0 Å². The molecule has 0 unspecified atom stereocenters. The maximum absolute atomic E-state index is 11.1. The Bertz CT molecular complexity index is 962. The molecule has 0 fully saturated rings. The van der Waals surface area contributed by atoms with E-state index in [1.54, 1.807) is 30.7 Å². The molecule has 0 saturated heterocycles. The van der Waals surface area contributed by atoms with Crippen LogP contribution >= 0.6 is 0 Å². The summed E-state index contributed by atoms with van der Waals surface area (Å²) in [6.07, 6.45) is 5.40. The van der Waals surface area contributed by atoms with Crippen molar-refractivity contribution in [2.75, 3.05) is 7.11 Å². The van der Waals surface area contributed by atoms with Gasteiger partial charge in [-0.1, -0.05) is 0 Å². The molecule has 11 heteroatoms. The molecule has 11 nitrogen and oxygen atoms in total. The third-order valence-corrected chi connectivity index (χ3v) is 3.20. The zero-order valence-electron chi connectivity index (χ0n) is 13.4. The number of hydrazone groups is 1. The van der Waals surface area contributed by atoms with E-state index in [0.29, 0.717) is 16.9 Å². The molecular formula is C15H12N6O5. The molecule has 0 bridgehead atoms. The van der Waals surface area contributed by atoms with Gasteiger partial charge in [-0.3, -0.25) is 15.1 Å². The van der Waals surface area contributed by atoms with E-state index in [-0.39, 0.29) is 5.76 Å². The van der Waals surface area contributed by atoms with Crippen molar-refractivity contribution >= 4 is 18.2 Å². The molecule has 1 N–H and O–H groups in total. The third kappa shape index (κ3) is 3.56. The highest BCUT2D eigenvalue weighted by Gasteiger charge is 2.19. The molecule has 0 saturated carbocycles. The third-order valence-electron chi connectivity index (χ3n) is 3.20. The van der Waals surface area contributed by atoms with Gasteiger partial charge in [-0.25, -0.2) is 14.9 Å². The van der Waals surface area contributed by atoms with Crippen molar-refractivity contribution in [3.05, 3.63) is 58.5 Å². The van der Waals surface area contributed by atoms with Crippen molar-refractivity contribution in [2.45, 2.75) is 0 Å². The van der Waals surface area contributed by atoms with Crippen molar-refractivity contribution in [1.29, 1.82) is 0 Å². The second-order valence-corrected chi connectivity index (χ2v) is 4.85. The van der Waals surface area contributed by atoms with Crippen molar-refractivity contribution < 1.29 is 18.9 Å². The number of methoxy groups -OCH3 is 1. The van der Waals surface area contributed by atoms with E-state index in [9.17, 15) is 14.9 Å². The van der Waals surface area contributed by atoms with E-state index in [4.69, 9.17) is 4.42 Å². The quantitative estimate of drug-likeness (QED) is 0.420. The zero-order chi connectivity index (χ0) is 18.5. The Morgan fingerprint density at radius 2 is 2.31 bits per heavy atom. The number of aromatic nitrogens is 3. The molecular weight excluding hydrogens is 344 g/mol. The van der Waals surface area contributed by atoms with Gasteiger partial charge in [-0.2, -0.15) is 10.2 Å². The minimum Gasteiger partial charge on any atom is -0.452 e. The average molecular weight is 356 g/mol. The van der Waals surface area contributed by atoms with Gasteiger partial charge < -0.3 is 9.15 Å². The second-order valence-electron chi connectivity index (χ2n) is 4.85. The molecule has 3 aromatic rings. The van der Waals surface area contributed by atoms with Crippen LogP contribution in [-0.4, -0.2) is 39.1 Å². The lowest BCUT2D eigenvalue weighted by Crippen LogP contribution is -2.16. The van der Waals surface area contributed by atoms with Gasteiger partial charge in [0.2, 0.25) is 0 Å². The first kappa shape index (κ1) is 16.8. The van der Waals surface area contributed by atoms with Crippen molar-refractivity contribution in [3.8, 4) is 17.1 Å². The minimum atomic E-state index is -0.740. The molecule has 3 heterocycles. The number of nitro groups is 1. The number of carbonyl (C=O) groups is 1. The van der Waals surface area contributed by atoms with Crippen LogP contribution in [0.3, 0.4) is 0 Å². The predicted molar refractivity (Wildman–Crippen MR) is 88.9 cm³/mol. The van der Waals surface area contributed by atoms with E-state index in [1.165, 1.54) is 30.1 Å². The molecule has 26 heavy (non-hydrogen) atoms. The normalized spacial score (nSPS) is 10.8. The van der Waals surface area contributed by atoms with Crippen molar-refractivity contribution in [2.24, 2.45) is 5.10 Å². The van der Waals surface area contributed by atoms with E-state index in [2.05, 4.69) is 25.3 Å². The number of carbonyl (C=O) groups excluding carboxylic acids is 1. The van der Waals surface area contributed by atoms with Crippen molar-refractivity contribution in [1.82, 2.24) is 20.2 Å². The van der Waals surface area contributed by atoms with Crippen LogP contribution in [0.4, 0.5) is 10.7 Å². The van der Waals surface area contributed by atoms with Crippen LogP contribution in [0, 0.1) is 10.1 Å². The summed E-state index contributed by atoms with van der Waals surface area (Å²) >= 11 is 0. The topological polar surface area (TPSA) is 138 Å². The predicted octanol–water partition coefficient (Wildman–Crippen LogP) is 2.13. The summed E-state index contributed by atoms with van der Waals surface area (Å²) in [7, 11) is 1.21. The van der Waals surface area contributed by atoms with Gasteiger partial charge in [-0.05, 0) is 18.2 Å². The molecule has 3 aromatic heterocycles. The number of hydrogen-bond donors (Lipinski definition) is 1. The van der Waals surface area contributed by atoms with Gasteiger partial charge in [0.1, 0.15) is 10.6 Å². The van der Waals surface area contributed by atoms with E-state index >= 15 is 0 Å². The van der Waals surface area contributed by atoms with E-state index < -0.39 is 16.9 Å². The fraction of sp³-hybridized carbons (Fsp3) is 0.0667. The van der Waals surface area contributed by atoms with Crippen LogP contribution < -0.4 is 5.43 Å². The SMILES string of the molecule is COC(=O)NN=Cc1cn(-c2cccnc2)nc1-c1ccc([N+](=O)[O-])o1. The van der Waals surface area contributed by atoms with Crippen LogP contribution in [0.5, 0.6) is 0 Å². The van der Waals surface area contributed by atoms with Gasteiger partial charge in [0.25, 0.3) is 0 Å². The number of nitrogens with one attached hydrogen (secondary N) is 1. The largest absolute Gasteiger partial charge is 0.452 e.